The van der Waals surface area contributed by atoms with Gasteiger partial charge in [-0.05, 0) is 49.3 Å². The molecular formula is C23H27N5O2. The van der Waals surface area contributed by atoms with E-state index in [1.54, 1.807) is 9.47 Å². The highest BCUT2D eigenvalue weighted by molar-refractivity contribution is 5.98. The van der Waals surface area contributed by atoms with Crippen molar-refractivity contribution in [2.75, 3.05) is 19.6 Å². The molecule has 1 aliphatic heterocycles. The van der Waals surface area contributed by atoms with Crippen LogP contribution in [0.25, 0.3) is 11.0 Å². The summed E-state index contributed by atoms with van der Waals surface area (Å²) in [7, 11) is 1.82. The Labute approximate surface area is 176 Å². The van der Waals surface area contributed by atoms with Crippen molar-refractivity contribution in [3.8, 4) is 6.07 Å². The molecule has 0 N–H and O–H groups in total. The van der Waals surface area contributed by atoms with Crippen molar-refractivity contribution in [3.05, 3.63) is 29.1 Å². The molecule has 1 aromatic heterocycles. The molecule has 5 rings (SSSR count). The number of benzene rings is 1. The number of carbonyl (C=O) groups excluding carboxylic acids is 2. The second kappa shape index (κ2) is 7.42. The van der Waals surface area contributed by atoms with E-state index in [1.165, 1.54) is 19.3 Å². The minimum absolute atomic E-state index is 0.0361. The smallest absolute Gasteiger partial charge is 0.290 e. The second-order valence-corrected chi connectivity index (χ2v) is 8.92. The molecule has 2 amide bonds. The van der Waals surface area contributed by atoms with Gasteiger partial charge in [-0.2, -0.15) is 5.26 Å². The SMILES string of the molecule is Cn1c(C(=O)N2CCN(C3CCCCC3)C(=O)C2)nc2c(C#N)cc(C3CC3)cc21. The zero-order valence-electron chi connectivity index (χ0n) is 17.4. The molecule has 0 atom stereocenters. The normalized spacial score (nSPS) is 20.6. The van der Waals surface area contributed by atoms with Crippen molar-refractivity contribution in [3.63, 3.8) is 0 Å². The average molecular weight is 406 g/mol. The number of aromatic nitrogens is 2. The third-order valence-corrected chi connectivity index (χ3v) is 6.93. The summed E-state index contributed by atoms with van der Waals surface area (Å²) in [5, 5.41) is 9.59. The molecule has 1 saturated heterocycles. The van der Waals surface area contributed by atoms with Crippen molar-refractivity contribution in [2.45, 2.75) is 56.9 Å². The van der Waals surface area contributed by atoms with Crippen LogP contribution in [0.2, 0.25) is 0 Å². The van der Waals surface area contributed by atoms with Gasteiger partial charge >= 0.3 is 0 Å². The van der Waals surface area contributed by atoms with Crippen LogP contribution in [-0.2, 0) is 11.8 Å². The number of hydrogen-bond donors (Lipinski definition) is 0. The van der Waals surface area contributed by atoms with E-state index in [0.29, 0.717) is 42.0 Å². The number of piperazine rings is 1. The van der Waals surface area contributed by atoms with E-state index in [4.69, 9.17) is 0 Å². The fourth-order valence-electron chi connectivity index (χ4n) is 5.02. The first-order valence-electron chi connectivity index (χ1n) is 11.1. The quantitative estimate of drug-likeness (QED) is 0.786. The summed E-state index contributed by atoms with van der Waals surface area (Å²) in [6.45, 7) is 1.23. The van der Waals surface area contributed by atoms with Gasteiger partial charge in [-0.3, -0.25) is 9.59 Å². The Morgan fingerprint density at radius 3 is 2.57 bits per heavy atom. The van der Waals surface area contributed by atoms with Gasteiger partial charge in [-0.15, -0.1) is 0 Å². The highest BCUT2D eigenvalue weighted by Crippen LogP contribution is 2.41. The molecule has 2 aliphatic carbocycles. The molecule has 156 valence electrons. The fourth-order valence-corrected chi connectivity index (χ4v) is 5.02. The highest BCUT2D eigenvalue weighted by atomic mass is 16.2. The predicted molar refractivity (Wildman–Crippen MR) is 112 cm³/mol. The van der Waals surface area contributed by atoms with E-state index in [-0.39, 0.29) is 18.4 Å². The molecule has 0 spiro atoms. The number of amides is 2. The van der Waals surface area contributed by atoms with Crippen LogP contribution < -0.4 is 0 Å². The third kappa shape index (κ3) is 3.24. The largest absolute Gasteiger partial charge is 0.336 e. The van der Waals surface area contributed by atoms with Crippen molar-refractivity contribution in [1.29, 1.82) is 5.26 Å². The van der Waals surface area contributed by atoms with Crippen LogP contribution in [0, 0.1) is 11.3 Å². The molecule has 30 heavy (non-hydrogen) atoms. The van der Waals surface area contributed by atoms with Crippen LogP contribution in [0.1, 0.15) is 72.6 Å². The topological polar surface area (TPSA) is 82.2 Å². The Morgan fingerprint density at radius 2 is 1.90 bits per heavy atom. The molecule has 0 radical (unpaired) electrons. The minimum Gasteiger partial charge on any atom is -0.336 e. The standard InChI is InChI=1S/C23H27N5O2/c1-26-19-12-16(15-7-8-15)11-17(13-24)21(19)25-22(26)23(30)27-9-10-28(20(29)14-27)18-5-3-2-4-6-18/h11-12,15,18H,2-10,14H2,1H3. The molecule has 1 aromatic carbocycles. The maximum atomic E-state index is 13.2. The van der Waals surface area contributed by atoms with E-state index in [9.17, 15) is 14.9 Å². The first kappa shape index (κ1) is 19.1. The van der Waals surface area contributed by atoms with Gasteiger partial charge in [0.25, 0.3) is 5.91 Å². The fraction of sp³-hybridized carbons (Fsp3) is 0.565. The van der Waals surface area contributed by atoms with Crippen molar-refractivity contribution in [2.24, 2.45) is 7.05 Å². The van der Waals surface area contributed by atoms with Gasteiger partial charge in [-0.1, -0.05) is 19.3 Å². The van der Waals surface area contributed by atoms with Crippen LogP contribution >= 0.6 is 0 Å². The lowest BCUT2D eigenvalue weighted by atomic mass is 9.93. The number of hydrogen-bond acceptors (Lipinski definition) is 4. The monoisotopic (exact) mass is 405 g/mol. The van der Waals surface area contributed by atoms with Crippen LogP contribution in [-0.4, -0.2) is 56.8 Å². The maximum absolute atomic E-state index is 13.2. The Bertz CT molecular complexity index is 1060. The number of carbonyl (C=O) groups is 2. The van der Waals surface area contributed by atoms with Gasteiger partial charge in [-0.25, -0.2) is 4.98 Å². The lowest BCUT2D eigenvalue weighted by Crippen LogP contribution is -2.56. The summed E-state index contributed by atoms with van der Waals surface area (Å²) in [6.07, 6.45) is 8.06. The first-order chi connectivity index (χ1) is 14.6. The molecule has 3 aliphatic rings. The van der Waals surface area contributed by atoms with Gasteiger partial charge in [0.1, 0.15) is 18.1 Å². The van der Waals surface area contributed by atoms with E-state index in [1.807, 2.05) is 18.0 Å². The van der Waals surface area contributed by atoms with Crippen LogP contribution in [0.3, 0.4) is 0 Å². The number of rotatable bonds is 3. The maximum Gasteiger partial charge on any atom is 0.290 e. The van der Waals surface area contributed by atoms with E-state index in [2.05, 4.69) is 17.1 Å². The number of fused-ring (bicyclic) bond motifs is 1. The lowest BCUT2D eigenvalue weighted by molar-refractivity contribution is -0.138. The van der Waals surface area contributed by atoms with Gasteiger partial charge in [0.05, 0.1) is 11.1 Å². The average Bonchev–Trinajstić information content (AvgIpc) is 3.57. The molecule has 3 fully saturated rings. The zero-order chi connectivity index (χ0) is 20.8. The molecule has 7 nitrogen and oxygen atoms in total. The third-order valence-electron chi connectivity index (χ3n) is 6.93. The van der Waals surface area contributed by atoms with Crippen LogP contribution in [0.15, 0.2) is 12.1 Å². The molecular weight excluding hydrogens is 378 g/mol. The summed E-state index contributed by atoms with van der Waals surface area (Å²) in [5.41, 5.74) is 3.05. The molecule has 7 heteroatoms. The Hall–Kier alpha value is -2.88. The van der Waals surface area contributed by atoms with Gasteiger partial charge in [0.2, 0.25) is 5.91 Å². The van der Waals surface area contributed by atoms with Crippen LogP contribution in [0.4, 0.5) is 0 Å². The summed E-state index contributed by atoms with van der Waals surface area (Å²) in [6, 6.07) is 6.54. The van der Waals surface area contributed by atoms with Gasteiger partial charge in [0.15, 0.2) is 5.82 Å². The van der Waals surface area contributed by atoms with Crippen molar-refractivity contribution >= 4 is 22.8 Å². The second-order valence-electron chi connectivity index (χ2n) is 8.92. The zero-order valence-corrected chi connectivity index (χ0v) is 17.4. The Morgan fingerprint density at radius 1 is 1.13 bits per heavy atom. The summed E-state index contributed by atoms with van der Waals surface area (Å²) in [5.74, 6) is 0.616. The number of imidazole rings is 1. The predicted octanol–water partition coefficient (Wildman–Crippen LogP) is 2.94. The molecule has 0 bridgehead atoms. The molecule has 2 heterocycles. The highest BCUT2D eigenvalue weighted by Gasteiger charge is 2.34. The van der Waals surface area contributed by atoms with E-state index >= 15 is 0 Å². The van der Waals surface area contributed by atoms with Gasteiger partial charge < -0.3 is 14.4 Å². The molecule has 2 aromatic rings. The van der Waals surface area contributed by atoms with Gasteiger partial charge in [0, 0.05) is 26.2 Å². The summed E-state index contributed by atoms with van der Waals surface area (Å²) >= 11 is 0. The Kier molecular flexibility index (Phi) is 4.73. The van der Waals surface area contributed by atoms with Crippen molar-refractivity contribution in [1.82, 2.24) is 19.4 Å². The number of nitrogens with zero attached hydrogens (tertiary/aromatic N) is 5. The van der Waals surface area contributed by atoms with Crippen LogP contribution in [0.5, 0.6) is 0 Å². The Balaban J connectivity index is 1.39. The number of nitriles is 1. The summed E-state index contributed by atoms with van der Waals surface area (Å²) < 4.78 is 1.78. The minimum atomic E-state index is -0.234. The lowest BCUT2D eigenvalue weighted by Gasteiger charge is -2.40. The first-order valence-corrected chi connectivity index (χ1v) is 11.1. The van der Waals surface area contributed by atoms with E-state index < -0.39 is 0 Å². The van der Waals surface area contributed by atoms with E-state index in [0.717, 1.165) is 36.8 Å². The van der Waals surface area contributed by atoms with Crippen molar-refractivity contribution < 1.29 is 9.59 Å². The molecule has 0 unspecified atom stereocenters. The summed E-state index contributed by atoms with van der Waals surface area (Å²) in [4.78, 5) is 34.1. The molecule has 2 saturated carbocycles. The number of aryl methyl sites for hydroxylation is 1.